The first kappa shape index (κ1) is 23.0. The third-order valence-corrected chi connectivity index (χ3v) is 6.74. The molecule has 2 aromatic rings. The van der Waals surface area contributed by atoms with Crippen molar-refractivity contribution in [2.45, 2.75) is 36.2 Å². The predicted molar refractivity (Wildman–Crippen MR) is 102 cm³/mol. The van der Waals surface area contributed by atoms with E-state index in [1.165, 1.54) is 13.0 Å². The summed E-state index contributed by atoms with van der Waals surface area (Å²) in [6, 6.07) is 5.21. The molecule has 1 aromatic heterocycles. The Hall–Kier alpha value is -2.72. The van der Waals surface area contributed by atoms with Gasteiger partial charge in [0.05, 0.1) is 19.2 Å². The number of pyridine rings is 1. The van der Waals surface area contributed by atoms with E-state index in [-0.39, 0.29) is 11.4 Å². The first-order valence-corrected chi connectivity index (χ1v) is 10.4. The number of benzene rings is 1. The number of β-amino-alcohol motifs (C(OH)–C–C–N with tert-alkyl or cyclic N) is 1. The standard InChI is InChI=1S/C19H18F3N3O5S/c1-11(26)19(27)10-25(31(28,29)17-6-3-12(8-24-17)18(21)22)9-16(19)30-13-4-5-15(23-2)14(20)7-13/h3-8,11,16,18,26-27H,9-10H2,1H3/t11-,16+,19-/m1/s1. The smallest absolute Gasteiger partial charge is 0.265 e. The quantitative estimate of drug-likeness (QED) is 0.645. The molecule has 1 saturated heterocycles. The van der Waals surface area contributed by atoms with E-state index in [2.05, 4.69) is 9.83 Å². The number of ether oxygens (including phenoxy) is 1. The van der Waals surface area contributed by atoms with E-state index >= 15 is 0 Å². The fourth-order valence-corrected chi connectivity index (χ4v) is 4.54. The van der Waals surface area contributed by atoms with E-state index in [0.29, 0.717) is 0 Å². The molecule has 2 N–H and O–H groups in total. The second kappa shape index (κ2) is 8.43. The molecule has 0 spiro atoms. The second-order valence-electron chi connectivity index (χ2n) is 7.03. The van der Waals surface area contributed by atoms with Gasteiger partial charge >= 0.3 is 0 Å². The Kier molecular flexibility index (Phi) is 6.24. The molecule has 1 aliphatic rings. The molecule has 0 unspecified atom stereocenters. The molecular formula is C19H18F3N3O5S. The summed E-state index contributed by atoms with van der Waals surface area (Å²) in [5.74, 6) is -0.938. The van der Waals surface area contributed by atoms with E-state index in [4.69, 9.17) is 11.3 Å². The van der Waals surface area contributed by atoms with Crippen LogP contribution in [0.1, 0.15) is 18.9 Å². The monoisotopic (exact) mass is 457 g/mol. The number of alkyl halides is 2. The summed E-state index contributed by atoms with van der Waals surface area (Å²) < 4.78 is 71.4. The molecule has 0 radical (unpaired) electrons. The second-order valence-corrected chi connectivity index (χ2v) is 8.91. The summed E-state index contributed by atoms with van der Waals surface area (Å²) in [5, 5.41) is 20.5. The van der Waals surface area contributed by atoms with Gasteiger partial charge < -0.3 is 14.9 Å². The minimum atomic E-state index is -4.32. The summed E-state index contributed by atoms with van der Waals surface area (Å²) in [4.78, 5) is 6.56. The number of sulfonamides is 1. The first-order valence-electron chi connectivity index (χ1n) is 8.97. The molecule has 12 heteroatoms. The van der Waals surface area contributed by atoms with Gasteiger partial charge in [0.25, 0.3) is 16.4 Å². The zero-order valence-corrected chi connectivity index (χ0v) is 16.9. The summed E-state index contributed by atoms with van der Waals surface area (Å²) >= 11 is 0. The zero-order chi connectivity index (χ0) is 23.0. The van der Waals surface area contributed by atoms with Gasteiger partial charge in [-0.25, -0.2) is 31.4 Å². The Labute approximate surface area is 176 Å². The number of halogens is 3. The number of hydrogen-bond donors (Lipinski definition) is 2. The van der Waals surface area contributed by atoms with Crippen molar-refractivity contribution in [3.8, 4) is 5.75 Å². The van der Waals surface area contributed by atoms with Crippen LogP contribution in [-0.4, -0.2) is 58.8 Å². The molecule has 1 aliphatic heterocycles. The lowest BCUT2D eigenvalue weighted by atomic mass is 9.94. The average Bonchev–Trinajstić information content (AvgIpc) is 3.07. The third-order valence-electron chi connectivity index (χ3n) is 5.01. The minimum absolute atomic E-state index is 0.0763. The Morgan fingerprint density at radius 2 is 2.06 bits per heavy atom. The maximum atomic E-state index is 13.9. The number of aliphatic hydroxyl groups excluding tert-OH is 1. The molecule has 3 rings (SSSR count). The third kappa shape index (κ3) is 4.35. The van der Waals surface area contributed by atoms with Gasteiger partial charge in [0, 0.05) is 24.4 Å². The Bertz CT molecular complexity index is 1110. The molecule has 8 nitrogen and oxygen atoms in total. The minimum Gasteiger partial charge on any atom is -0.486 e. The fourth-order valence-electron chi connectivity index (χ4n) is 3.14. The van der Waals surface area contributed by atoms with Crippen molar-refractivity contribution >= 4 is 15.7 Å². The van der Waals surface area contributed by atoms with Crippen molar-refractivity contribution in [1.82, 2.24) is 9.29 Å². The molecular weight excluding hydrogens is 439 g/mol. The summed E-state index contributed by atoms with van der Waals surface area (Å²) in [6.45, 7) is 7.11. The van der Waals surface area contributed by atoms with Crippen molar-refractivity contribution in [3.63, 3.8) is 0 Å². The van der Waals surface area contributed by atoms with Crippen molar-refractivity contribution in [2.24, 2.45) is 0 Å². The lowest BCUT2D eigenvalue weighted by Gasteiger charge is -2.31. The predicted octanol–water partition coefficient (Wildman–Crippen LogP) is 2.27. The van der Waals surface area contributed by atoms with Crippen LogP contribution in [0.3, 0.4) is 0 Å². The van der Waals surface area contributed by atoms with Crippen molar-refractivity contribution in [1.29, 1.82) is 0 Å². The van der Waals surface area contributed by atoms with Gasteiger partial charge in [-0.15, -0.1) is 0 Å². The van der Waals surface area contributed by atoms with Gasteiger partial charge in [-0.05, 0) is 31.2 Å². The van der Waals surface area contributed by atoms with Crippen LogP contribution in [0.2, 0.25) is 0 Å². The topological polar surface area (TPSA) is 104 Å². The maximum Gasteiger partial charge on any atom is 0.265 e. The van der Waals surface area contributed by atoms with Gasteiger partial charge in [0.1, 0.15) is 23.3 Å². The highest BCUT2D eigenvalue weighted by Crippen LogP contribution is 2.34. The number of aliphatic hydroxyl groups is 2. The van der Waals surface area contributed by atoms with Gasteiger partial charge in [-0.2, -0.15) is 4.31 Å². The number of hydrogen-bond acceptors (Lipinski definition) is 6. The molecule has 1 aromatic carbocycles. The van der Waals surface area contributed by atoms with Gasteiger partial charge in [-0.1, -0.05) is 0 Å². The van der Waals surface area contributed by atoms with Gasteiger partial charge in [-0.3, -0.25) is 0 Å². The van der Waals surface area contributed by atoms with Gasteiger partial charge in [0.15, 0.2) is 5.03 Å². The highest BCUT2D eigenvalue weighted by molar-refractivity contribution is 7.89. The first-order chi connectivity index (χ1) is 14.5. The van der Waals surface area contributed by atoms with Crippen molar-refractivity contribution in [2.75, 3.05) is 13.1 Å². The van der Waals surface area contributed by atoms with Gasteiger partial charge in [0.2, 0.25) is 5.69 Å². The lowest BCUT2D eigenvalue weighted by Crippen LogP contribution is -2.53. The molecule has 31 heavy (non-hydrogen) atoms. The Morgan fingerprint density at radius 1 is 1.35 bits per heavy atom. The molecule has 3 atom stereocenters. The molecule has 0 aliphatic carbocycles. The highest BCUT2D eigenvalue weighted by Gasteiger charge is 2.54. The van der Waals surface area contributed by atoms with Crippen LogP contribution in [0.25, 0.3) is 4.85 Å². The van der Waals surface area contributed by atoms with Crippen molar-refractivity contribution < 1.29 is 36.5 Å². The fraction of sp³-hybridized carbons (Fsp3) is 0.368. The van der Waals surface area contributed by atoms with E-state index < -0.39 is 63.8 Å². The maximum absolute atomic E-state index is 13.9. The Balaban J connectivity index is 1.89. The summed E-state index contributed by atoms with van der Waals surface area (Å²) in [7, 11) is -4.32. The molecule has 2 heterocycles. The van der Waals surface area contributed by atoms with Crippen LogP contribution in [0.15, 0.2) is 41.6 Å². The van der Waals surface area contributed by atoms with Crippen LogP contribution < -0.4 is 4.74 Å². The van der Waals surface area contributed by atoms with Crippen LogP contribution >= 0.6 is 0 Å². The van der Waals surface area contributed by atoms with E-state index in [9.17, 15) is 31.8 Å². The molecule has 0 bridgehead atoms. The highest BCUT2D eigenvalue weighted by atomic mass is 32.2. The lowest BCUT2D eigenvalue weighted by molar-refractivity contribution is -0.104. The largest absolute Gasteiger partial charge is 0.486 e. The summed E-state index contributed by atoms with van der Waals surface area (Å²) in [5.41, 5.74) is -2.75. The Morgan fingerprint density at radius 3 is 2.58 bits per heavy atom. The van der Waals surface area contributed by atoms with E-state index in [1.807, 2.05) is 0 Å². The average molecular weight is 457 g/mol. The number of rotatable bonds is 6. The molecule has 0 amide bonds. The zero-order valence-electron chi connectivity index (χ0n) is 16.1. The van der Waals surface area contributed by atoms with E-state index in [1.54, 1.807) is 0 Å². The van der Waals surface area contributed by atoms with Crippen LogP contribution in [-0.2, 0) is 10.0 Å². The number of nitrogens with zero attached hydrogens (tertiary/aromatic N) is 3. The molecule has 166 valence electrons. The number of aromatic nitrogens is 1. The normalized spacial score (nSPS) is 23.0. The van der Waals surface area contributed by atoms with Crippen LogP contribution in [0.5, 0.6) is 5.75 Å². The van der Waals surface area contributed by atoms with Crippen LogP contribution in [0.4, 0.5) is 18.9 Å². The molecule has 0 saturated carbocycles. The molecule has 1 fully saturated rings. The van der Waals surface area contributed by atoms with Crippen molar-refractivity contribution in [3.05, 3.63) is 59.3 Å². The summed E-state index contributed by atoms with van der Waals surface area (Å²) in [6.07, 6.45) is -4.80. The van der Waals surface area contributed by atoms with Crippen LogP contribution in [0, 0.1) is 12.4 Å². The SMILES string of the molecule is [C-]#[N+]c1ccc(O[C@H]2CN(S(=O)(=O)c3ccc(C(F)F)cn3)C[C@@]2(O)[C@@H](C)O)cc1F. The van der Waals surface area contributed by atoms with E-state index in [0.717, 1.165) is 34.8 Å².